The standard InChI is InChI=1S/C18H33NO10/c1-7(22)19-10-15(12(24)9(6-21)27-16(10)18(2,3)4)29-17-14(26)13(25)11(23)8(5-20)28-17/h8-17,20-21,23-26H,5-6H2,1-4H3,(H,19,22). The Labute approximate surface area is 169 Å². The highest BCUT2D eigenvalue weighted by Crippen LogP contribution is 2.35. The van der Waals surface area contributed by atoms with Crippen LogP contribution in [0.3, 0.4) is 0 Å². The Morgan fingerprint density at radius 1 is 0.931 bits per heavy atom. The average molecular weight is 423 g/mol. The summed E-state index contributed by atoms with van der Waals surface area (Å²) in [4.78, 5) is 11.8. The van der Waals surface area contributed by atoms with Crippen LogP contribution in [0.25, 0.3) is 0 Å². The van der Waals surface area contributed by atoms with Crippen LogP contribution in [0.5, 0.6) is 0 Å². The molecule has 2 saturated heterocycles. The molecule has 170 valence electrons. The molecule has 0 aromatic heterocycles. The van der Waals surface area contributed by atoms with Crippen molar-refractivity contribution in [2.24, 2.45) is 5.41 Å². The van der Waals surface area contributed by atoms with Gasteiger partial charge in [-0.1, -0.05) is 20.8 Å². The van der Waals surface area contributed by atoms with E-state index < -0.39 is 85.7 Å². The Morgan fingerprint density at radius 2 is 1.48 bits per heavy atom. The molecule has 2 aliphatic heterocycles. The highest BCUT2D eigenvalue weighted by molar-refractivity contribution is 5.73. The Morgan fingerprint density at radius 3 is 1.97 bits per heavy atom. The van der Waals surface area contributed by atoms with Gasteiger partial charge < -0.3 is 50.2 Å². The van der Waals surface area contributed by atoms with Gasteiger partial charge in [-0.25, -0.2) is 0 Å². The summed E-state index contributed by atoms with van der Waals surface area (Å²) < 4.78 is 17.0. The van der Waals surface area contributed by atoms with Crippen LogP contribution in [-0.4, -0.2) is 111 Å². The summed E-state index contributed by atoms with van der Waals surface area (Å²) in [5.41, 5.74) is -0.530. The lowest BCUT2D eigenvalue weighted by atomic mass is 9.78. The van der Waals surface area contributed by atoms with Crippen LogP contribution >= 0.6 is 0 Å². The van der Waals surface area contributed by atoms with Gasteiger partial charge in [0.05, 0.1) is 25.4 Å². The number of hydrogen-bond donors (Lipinski definition) is 7. The Bertz CT molecular complexity index is 553. The zero-order valence-electron chi connectivity index (χ0n) is 17.0. The molecule has 2 aliphatic rings. The molecule has 0 spiro atoms. The van der Waals surface area contributed by atoms with Gasteiger partial charge in [-0.15, -0.1) is 0 Å². The molecule has 7 N–H and O–H groups in total. The quantitative estimate of drug-likeness (QED) is 0.239. The SMILES string of the molecule is CC(=O)NC1C(OC2OC(CO)C(O)C(O)C2O)C(O)C(CO)OC1C(C)(C)C. The number of amides is 1. The summed E-state index contributed by atoms with van der Waals surface area (Å²) in [6.07, 6.45) is -11.9. The molecule has 2 rings (SSSR count). The van der Waals surface area contributed by atoms with Crippen LogP contribution < -0.4 is 5.32 Å². The Hall–Kier alpha value is -0.890. The van der Waals surface area contributed by atoms with E-state index in [0.29, 0.717) is 0 Å². The molecule has 0 bridgehead atoms. The maximum atomic E-state index is 11.8. The summed E-state index contributed by atoms with van der Waals surface area (Å²) in [5.74, 6) is -0.412. The van der Waals surface area contributed by atoms with Gasteiger partial charge in [0.1, 0.15) is 42.7 Å². The van der Waals surface area contributed by atoms with Crippen LogP contribution in [-0.2, 0) is 19.0 Å². The second-order valence-electron chi connectivity index (χ2n) is 8.66. The lowest BCUT2D eigenvalue weighted by molar-refractivity contribution is -0.334. The summed E-state index contributed by atoms with van der Waals surface area (Å²) in [6, 6.07) is -0.877. The fraction of sp³-hybridized carbons (Fsp3) is 0.944. The number of aliphatic hydroxyl groups is 6. The second kappa shape index (κ2) is 9.50. The summed E-state index contributed by atoms with van der Waals surface area (Å²) in [6.45, 7) is 5.68. The van der Waals surface area contributed by atoms with E-state index in [9.17, 15) is 35.4 Å². The lowest BCUT2D eigenvalue weighted by Gasteiger charge is -2.50. The minimum Gasteiger partial charge on any atom is -0.394 e. The number of nitrogens with one attached hydrogen (secondary N) is 1. The molecule has 0 aliphatic carbocycles. The molecule has 11 nitrogen and oxygen atoms in total. The van der Waals surface area contributed by atoms with E-state index in [-0.39, 0.29) is 0 Å². The largest absolute Gasteiger partial charge is 0.394 e. The van der Waals surface area contributed by atoms with Gasteiger partial charge in [-0.05, 0) is 5.41 Å². The number of hydrogen-bond acceptors (Lipinski definition) is 10. The number of aliphatic hydroxyl groups excluding tert-OH is 6. The molecular weight excluding hydrogens is 390 g/mol. The van der Waals surface area contributed by atoms with Crippen molar-refractivity contribution >= 4 is 5.91 Å². The molecule has 29 heavy (non-hydrogen) atoms. The monoisotopic (exact) mass is 423 g/mol. The van der Waals surface area contributed by atoms with E-state index in [1.807, 2.05) is 20.8 Å². The van der Waals surface area contributed by atoms with E-state index in [4.69, 9.17) is 14.2 Å². The van der Waals surface area contributed by atoms with Gasteiger partial charge in [0.2, 0.25) is 5.91 Å². The molecule has 0 radical (unpaired) electrons. The molecule has 10 unspecified atom stereocenters. The summed E-state index contributed by atoms with van der Waals surface area (Å²) >= 11 is 0. The van der Waals surface area contributed by atoms with Gasteiger partial charge in [0.15, 0.2) is 6.29 Å². The predicted molar refractivity (Wildman–Crippen MR) is 97.5 cm³/mol. The van der Waals surface area contributed by atoms with E-state index in [1.54, 1.807) is 0 Å². The molecular formula is C18H33NO10. The maximum absolute atomic E-state index is 11.8. The minimum atomic E-state index is -1.68. The van der Waals surface area contributed by atoms with Crippen molar-refractivity contribution in [1.82, 2.24) is 5.32 Å². The van der Waals surface area contributed by atoms with Gasteiger partial charge in [-0.3, -0.25) is 4.79 Å². The maximum Gasteiger partial charge on any atom is 0.217 e. The fourth-order valence-electron chi connectivity index (χ4n) is 3.74. The molecule has 2 fully saturated rings. The lowest BCUT2D eigenvalue weighted by Crippen LogP contribution is -2.69. The zero-order chi connectivity index (χ0) is 22.1. The third kappa shape index (κ3) is 5.24. The molecule has 0 aromatic rings. The Balaban J connectivity index is 2.34. The number of ether oxygens (including phenoxy) is 3. The number of carbonyl (C=O) groups is 1. The smallest absolute Gasteiger partial charge is 0.217 e. The highest BCUT2D eigenvalue weighted by Gasteiger charge is 2.53. The van der Waals surface area contributed by atoms with Gasteiger partial charge in [0.25, 0.3) is 0 Å². The van der Waals surface area contributed by atoms with E-state index in [2.05, 4.69) is 5.32 Å². The second-order valence-corrected chi connectivity index (χ2v) is 8.66. The summed E-state index contributed by atoms with van der Waals surface area (Å²) in [7, 11) is 0. The van der Waals surface area contributed by atoms with Crippen LogP contribution in [0.4, 0.5) is 0 Å². The molecule has 1 amide bonds. The molecule has 2 heterocycles. The van der Waals surface area contributed by atoms with Crippen LogP contribution in [0, 0.1) is 5.41 Å². The first-order valence-corrected chi connectivity index (χ1v) is 9.59. The van der Waals surface area contributed by atoms with Crippen LogP contribution in [0.1, 0.15) is 27.7 Å². The molecule has 0 saturated carbocycles. The van der Waals surface area contributed by atoms with Gasteiger partial charge in [-0.2, -0.15) is 0 Å². The van der Waals surface area contributed by atoms with Gasteiger partial charge >= 0.3 is 0 Å². The average Bonchev–Trinajstić information content (AvgIpc) is 2.63. The van der Waals surface area contributed by atoms with E-state index in [1.165, 1.54) is 6.92 Å². The molecule has 0 aromatic carbocycles. The van der Waals surface area contributed by atoms with E-state index >= 15 is 0 Å². The third-order valence-electron chi connectivity index (χ3n) is 5.26. The number of carbonyl (C=O) groups excluding carboxylic acids is 1. The van der Waals surface area contributed by atoms with Crippen molar-refractivity contribution < 1.29 is 49.6 Å². The van der Waals surface area contributed by atoms with Crippen molar-refractivity contribution in [3.8, 4) is 0 Å². The highest BCUT2D eigenvalue weighted by atomic mass is 16.7. The van der Waals surface area contributed by atoms with Crippen molar-refractivity contribution in [3.63, 3.8) is 0 Å². The van der Waals surface area contributed by atoms with Crippen molar-refractivity contribution in [3.05, 3.63) is 0 Å². The zero-order valence-corrected chi connectivity index (χ0v) is 17.0. The fourth-order valence-corrected chi connectivity index (χ4v) is 3.74. The van der Waals surface area contributed by atoms with Crippen LogP contribution in [0.15, 0.2) is 0 Å². The van der Waals surface area contributed by atoms with Crippen molar-refractivity contribution in [2.45, 2.75) is 88.9 Å². The van der Waals surface area contributed by atoms with Crippen molar-refractivity contribution in [2.75, 3.05) is 13.2 Å². The minimum absolute atomic E-state index is 0.412. The Kier molecular flexibility index (Phi) is 7.99. The molecule has 10 atom stereocenters. The number of rotatable bonds is 5. The first-order chi connectivity index (χ1) is 13.4. The van der Waals surface area contributed by atoms with Crippen LogP contribution in [0.2, 0.25) is 0 Å². The van der Waals surface area contributed by atoms with E-state index in [0.717, 1.165) is 0 Å². The third-order valence-corrected chi connectivity index (χ3v) is 5.26. The predicted octanol–water partition coefficient (Wildman–Crippen LogP) is -3.16. The normalized spacial score (nSPS) is 43.8. The topological polar surface area (TPSA) is 178 Å². The van der Waals surface area contributed by atoms with Crippen molar-refractivity contribution in [1.29, 1.82) is 0 Å². The summed E-state index contributed by atoms with van der Waals surface area (Å²) in [5, 5.41) is 62.5. The molecule has 11 heteroatoms. The van der Waals surface area contributed by atoms with Gasteiger partial charge in [0, 0.05) is 6.92 Å². The first kappa shape index (κ1) is 24.4. The first-order valence-electron chi connectivity index (χ1n) is 9.59.